The first kappa shape index (κ1) is 13.0. The molecule has 1 unspecified atom stereocenters. The van der Waals surface area contributed by atoms with Crippen molar-refractivity contribution in [1.82, 2.24) is 10.3 Å². The maximum atomic E-state index is 4.39. The maximum Gasteiger partial charge on any atom is 0.132 e. The molecule has 0 saturated carbocycles. The maximum absolute atomic E-state index is 4.39. The van der Waals surface area contributed by atoms with E-state index in [2.05, 4.69) is 42.0 Å². The minimum Gasteiger partial charge on any atom is -0.362 e. The van der Waals surface area contributed by atoms with Crippen molar-refractivity contribution in [3.05, 3.63) is 23.9 Å². The Morgan fingerprint density at radius 2 is 2.00 bits per heavy atom. The first-order valence-corrected chi connectivity index (χ1v) is 5.87. The number of aromatic nitrogens is 1. The number of nitrogens with zero attached hydrogens (tertiary/aromatic N) is 2. The Kier molecular flexibility index (Phi) is 4.74. The van der Waals surface area contributed by atoms with E-state index in [-0.39, 0.29) is 0 Å². The normalized spacial score (nSPS) is 12.9. The lowest BCUT2D eigenvalue weighted by Gasteiger charge is -2.20. The second kappa shape index (κ2) is 5.85. The number of rotatable bonds is 5. The molecule has 3 nitrogen and oxygen atoms in total. The van der Waals surface area contributed by atoms with Gasteiger partial charge in [-0.3, -0.25) is 0 Å². The van der Waals surface area contributed by atoms with Gasteiger partial charge in [0.1, 0.15) is 5.82 Å². The molecule has 0 amide bonds. The highest BCUT2D eigenvalue weighted by Gasteiger charge is 2.09. The van der Waals surface area contributed by atoms with Crippen LogP contribution in [-0.4, -0.2) is 25.1 Å². The van der Waals surface area contributed by atoms with Crippen LogP contribution >= 0.6 is 0 Å². The third-order valence-corrected chi connectivity index (χ3v) is 2.91. The number of pyridine rings is 1. The van der Waals surface area contributed by atoms with Crippen molar-refractivity contribution in [2.24, 2.45) is 5.92 Å². The predicted molar refractivity (Wildman–Crippen MR) is 69.7 cm³/mol. The van der Waals surface area contributed by atoms with Gasteiger partial charge >= 0.3 is 0 Å². The van der Waals surface area contributed by atoms with Crippen molar-refractivity contribution in [3.8, 4) is 0 Å². The molecule has 0 saturated heterocycles. The topological polar surface area (TPSA) is 28.2 Å². The summed E-state index contributed by atoms with van der Waals surface area (Å²) in [5, 5.41) is 3.53. The molecular formula is C13H23N3. The van der Waals surface area contributed by atoms with Crippen molar-refractivity contribution in [1.29, 1.82) is 0 Å². The molecule has 0 fully saturated rings. The summed E-state index contributed by atoms with van der Waals surface area (Å²) in [6.45, 7) is 7.55. The van der Waals surface area contributed by atoms with Crippen LogP contribution in [0, 0.1) is 5.92 Å². The molecule has 16 heavy (non-hydrogen) atoms. The molecule has 1 heterocycles. The van der Waals surface area contributed by atoms with Crippen LogP contribution in [0.5, 0.6) is 0 Å². The fourth-order valence-corrected chi connectivity index (χ4v) is 1.48. The van der Waals surface area contributed by atoms with Crippen LogP contribution in [0.1, 0.15) is 26.3 Å². The molecule has 0 aliphatic rings. The van der Waals surface area contributed by atoms with E-state index < -0.39 is 0 Å². The minimum absolute atomic E-state index is 0.523. The van der Waals surface area contributed by atoms with Gasteiger partial charge in [-0.2, -0.15) is 0 Å². The second-order valence-corrected chi connectivity index (χ2v) is 4.79. The Labute approximate surface area is 98.9 Å². The van der Waals surface area contributed by atoms with Crippen LogP contribution in [-0.2, 0) is 6.54 Å². The van der Waals surface area contributed by atoms with E-state index in [1.54, 1.807) is 0 Å². The van der Waals surface area contributed by atoms with Gasteiger partial charge in [0.25, 0.3) is 0 Å². The van der Waals surface area contributed by atoms with E-state index in [0.29, 0.717) is 12.0 Å². The molecule has 0 aliphatic carbocycles. The third-order valence-electron chi connectivity index (χ3n) is 2.91. The summed E-state index contributed by atoms with van der Waals surface area (Å²) in [6, 6.07) is 4.64. The fraction of sp³-hybridized carbons (Fsp3) is 0.615. The lowest BCUT2D eigenvalue weighted by molar-refractivity contribution is 0.426. The molecule has 90 valence electrons. The second-order valence-electron chi connectivity index (χ2n) is 4.79. The van der Waals surface area contributed by atoms with Gasteiger partial charge in [0.2, 0.25) is 0 Å². The Balaban J connectivity index is 2.66. The zero-order valence-electron chi connectivity index (χ0n) is 11.0. The van der Waals surface area contributed by atoms with E-state index >= 15 is 0 Å². The van der Waals surface area contributed by atoms with Crippen LogP contribution in [0.4, 0.5) is 5.82 Å². The van der Waals surface area contributed by atoms with Crippen molar-refractivity contribution < 1.29 is 0 Å². The van der Waals surface area contributed by atoms with Gasteiger partial charge in [0, 0.05) is 38.4 Å². The van der Waals surface area contributed by atoms with Crippen molar-refractivity contribution in [2.75, 3.05) is 19.0 Å². The molecule has 3 heteroatoms. The van der Waals surface area contributed by atoms with Gasteiger partial charge in [-0.1, -0.05) is 19.9 Å². The highest BCUT2D eigenvalue weighted by atomic mass is 15.1. The Morgan fingerprint density at radius 1 is 1.31 bits per heavy atom. The fourth-order valence-electron chi connectivity index (χ4n) is 1.48. The first-order chi connectivity index (χ1) is 7.52. The van der Waals surface area contributed by atoms with Gasteiger partial charge in [-0.15, -0.1) is 0 Å². The zero-order chi connectivity index (χ0) is 12.1. The molecule has 1 aromatic heterocycles. The number of hydrogen-bond donors (Lipinski definition) is 1. The van der Waals surface area contributed by atoms with Gasteiger partial charge in [0.15, 0.2) is 0 Å². The quantitative estimate of drug-likeness (QED) is 0.827. The third kappa shape index (κ3) is 3.49. The van der Waals surface area contributed by atoms with Gasteiger partial charge in [-0.05, 0) is 18.9 Å². The zero-order valence-corrected chi connectivity index (χ0v) is 11.0. The minimum atomic E-state index is 0.523. The average Bonchev–Trinajstić information content (AvgIpc) is 2.25. The molecule has 0 spiro atoms. The van der Waals surface area contributed by atoms with Crippen molar-refractivity contribution in [2.45, 2.75) is 33.4 Å². The van der Waals surface area contributed by atoms with E-state index in [4.69, 9.17) is 0 Å². The van der Waals surface area contributed by atoms with E-state index in [9.17, 15) is 0 Å². The lowest BCUT2D eigenvalue weighted by atomic mass is 10.1. The molecule has 0 aromatic carbocycles. The van der Waals surface area contributed by atoms with Gasteiger partial charge < -0.3 is 10.2 Å². The first-order valence-electron chi connectivity index (χ1n) is 5.87. The molecule has 1 rings (SSSR count). The molecular weight excluding hydrogens is 198 g/mol. The van der Waals surface area contributed by atoms with Crippen LogP contribution in [0.2, 0.25) is 0 Å². The SMILES string of the molecule is CC(C)C(C)NCc1cccnc1N(C)C. The lowest BCUT2D eigenvalue weighted by Crippen LogP contribution is -2.30. The highest BCUT2D eigenvalue weighted by molar-refractivity contribution is 5.44. The van der Waals surface area contributed by atoms with Crippen LogP contribution in [0.3, 0.4) is 0 Å². The molecule has 1 aromatic rings. The molecule has 1 atom stereocenters. The van der Waals surface area contributed by atoms with Crippen molar-refractivity contribution in [3.63, 3.8) is 0 Å². The molecule has 1 N–H and O–H groups in total. The average molecular weight is 221 g/mol. The highest BCUT2D eigenvalue weighted by Crippen LogP contribution is 2.14. The van der Waals surface area contributed by atoms with Crippen LogP contribution in [0.25, 0.3) is 0 Å². The van der Waals surface area contributed by atoms with Crippen LogP contribution < -0.4 is 10.2 Å². The largest absolute Gasteiger partial charge is 0.362 e. The summed E-state index contributed by atoms with van der Waals surface area (Å²) in [7, 11) is 4.05. The number of anilines is 1. The Hall–Kier alpha value is -1.09. The summed E-state index contributed by atoms with van der Waals surface area (Å²) in [5.41, 5.74) is 1.25. The molecule has 0 radical (unpaired) electrons. The Morgan fingerprint density at radius 3 is 2.56 bits per heavy atom. The van der Waals surface area contributed by atoms with Gasteiger partial charge in [0.05, 0.1) is 0 Å². The van der Waals surface area contributed by atoms with E-state index in [0.717, 1.165) is 12.4 Å². The molecule has 0 aliphatic heterocycles. The summed E-state index contributed by atoms with van der Waals surface area (Å²) >= 11 is 0. The van der Waals surface area contributed by atoms with E-state index in [1.165, 1.54) is 5.56 Å². The predicted octanol–water partition coefficient (Wildman–Crippen LogP) is 2.28. The summed E-state index contributed by atoms with van der Waals surface area (Å²) in [6.07, 6.45) is 1.84. The standard InChI is InChI=1S/C13H23N3/c1-10(2)11(3)15-9-12-7-6-8-14-13(12)16(4)5/h6-8,10-11,15H,9H2,1-5H3. The van der Waals surface area contributed by atoms with Gasteiger partial charge in [-0.25, -0.2) is 4.98 Å². The number of nitrogens with one attached hydrogen (secondary N) is 1. The van der Waals surface area contributed by atoms with Crippen LogP contribution in [0.15, 0.2) is 18.3 Å². The summed E-state index contributed by atoms with van der Waals surface area (Å²) in [5.74, 6) is 1.70. The van der Waals surface area contributed by atoms with E-state index in [1.807, 2.05) is 26.4 Å². The monoisotopic (exact) mass is 221 g/mol. The Bertz CT molecular complexity index is 321. The summed E-state index contributed by atoms with van der Waals surface area (Å²) in [4.78, 5) is 6.44. The summed E-state index contributed by atoms with van der Waals surface area (Å²) < 4.78 is 0. The molecule has 0 bridgehead atoms. The smallest absolute Gasteiger partial charge is 0.132 e. The van der Waals surface area contributed by atoms with Crippen molar-refractivity contribution >= 4 is 5.82 Å². The number of hydrogen-bond acceptors (Lipinski definition) is 3.